The fraction of sp³-hybridized carbons (Fsp3) is 0.312. The van der Waals surface area contributed by atoms with Gasteiger partial charge in [0, 0.05) is 6.54 Å². The molecule has 1 aromatic rings. The molecule has 0 atom stereocenters. The van der Waals surface area contributed by atoms with Crippen molar-refractivity contribution < 1.29 is 19.1 Å². The van der Waals surface area contributed by atoms with Gasteiger partial charge in [0.15, 0.2) is 0 Å². The molecule has 1 rings (SSSR count). The number of nitrogens with one attached hydrogen (secondary N) is 2. The SMILES string of the molecule is C=CCNC(=O)C(C)(C)C(=O)Nc1ccccc1C(=O)OC. The third-order valence-corrected chi connectivity index (χ3v) is 3.12. The zero-order valence-electron chi connectivity index (χ0n) is 12.9. The lowest BCUT2D eigenvalue weighted by atomic mass is 9.90. The summed E-state index contributed by atoms with van der Waals surface area (Å²) in [7, 11) is 1.26. The van der Waals surface area contributed by atoms with Crippen molar-refractivity contribution in [2.75, 3.05) is 19.0 Å². The van der Waals surface area contributed by atoms with E-state index in [4.69, 9.17) is 0 Å². The summed E-state index contributed by atoms with van der Waals surface area (Å²) in [6, 6.07) is 6.44. The quantitative estimate of drug-likeness (QED) is 0.476. The molecule has 0 spiro atoms. The van der Waals surface area contributed by atoms with Gasteiger partial charge in [-0.1, -0.05) is 18.2 Å². The smallest absolute Gasteiger partial charge is 0.339 e. The molecule has 0 unspecified atom stereocenters. The molecule has 0 heterocycles. The average Bonchev–Trinajstić information content (AvgIpc) is 2.52. The van der Waals surface area contributed by atoms with Crippen molar-refractivity contribution >= 4 is 23.5 Å². The molecule has 0 aromatic heterocycles. The monoisotopic (exact) mass is 304 g/mol. The Morgan fingerprint density at radius 3 is 2.45 bits per heavy atom. The standard InChI is InChI=1S/C16H20N2O4/c1-5-10-17-14(20)16(2,3)15(21)18-12-9-7-6-8-11(12)13(19)22-4/h5-9H,1,10H2,2-4H3,(H,17,20)(H,18,21). The molecule has 1 aromatic carbocycles. The van der Waals surface area contributed by atoms with E-state index in [2.05, 4.69) is 21.9 Å². The van der Waals surface area contributed by atoms with Gasteiger partial charge in [-0.25, -0.2) is 4.79 Å². The van der Waals surface area contributed by atoms with Crippen LogP contribution >= 0.6 is 0 Å². The third kappa shape index (κ3) is 3.94. The predicted molar refractivity (Wildman–Crippen MR) is 83.4 cm³/mol. The van der Waals surface area contributed by atoms with Crippen molar-refractivity contribution in [2.45, 2.75) is 13.8 Å². The number of ether oxygens (including phenoxy) is 1. The second kappa shape index (κ2) is 7.40. The van der Waals surface area contributed by atoms with Crippen molar-refractivity contribution in [3.05, 3.63) is 42.5 Å². The number of amides is 2. The van der Waals surface area contributed by atoms with Crippen LogP contribution in [0.25, 0.3) is 0 Å². The number of carbonyl (C=O) groups excluding carboxylic acids is 3. The summed E-state index contributed by atoms with van der Waals surface area (Å²) < 4.78 is 4.66. The molecular weight excluding hydrogens is 284 g/mol. The molecule has 0 saturated carbocycles. The first-order valence-electron chi connectivity index (χ1n) is 6.72. The highest BCUT2D eigenvalue weighted by Gasteiger charge is 2.36. The van der Waals surface area contributed by atoms with Crippen molar-refractivity contribution in [1.82, 2.24) is 5.32 Å². The first-order chi connectivity index (χ1) is 10.3. The lowest BCUT2D eigenvalue weighted by Crippen LogP contribution is -2.45. The van der Waals surface area contributed by atoms with E-state index in [9.17, 15) is 14.4 Å². The van der Waals surface area contributed by atoms with E-state index < -0.39 is 23.2 Å². The predicted octanol–water partition coefficient (Wildman–Crippen LogP) is 1.74. The van der Waals surface area contributed by atoms with Gasteiger partial charge in [-0.05, 0) is 26.0 Å². The Kier molecular flexibility index (Phi) is 5.86. The van der Waals surface area contributed by atoms with Crippen molar-refractivity contribution in [3.8, 4) is 0 Å². The summed E-state index contributed by atoms with van der Waals surface area (Å²) in [5.41, 5.74) is -0.781. The van der Waals surface area contributed by atoms with Crippen LogP contribution in [0.15, 0.2) is 36.9 Å². The molecule has 6 heteroatoms. The van der Waals surface area contributed by atoms with Crippen LogP contribution in [-0.4, -0.2) is 31.4 Å². The molecule has 0 aliphatic rings. The molecule has 0 aliphatic heterocycles. The van der Waals surface area contributed by atoms with E-state index in [0.29, 0.717) is 5.69 Å². The minimum Gasteiger partial charge on any atom is -0.465 e. The maximum atomic E-state index is 12.4. The van der Waals surface area contributed by atoms with Gasteiger partial charge in [0.1, 0.15) is 5.41 Å². The maximum Gasteiger partial charge on any atom is 0.339 e. The van der Waals surface area contributed by atoms with Crippen molar-refractivity contribution in [2.24, 2.45) is 5.41 Å². The number of benzene rings is 1. The number of anilines is 1. The van der Waals surface area contributed by atoms with Gasteiger partial charge in [0.25, 0.3) is 0 Å². The minimum atomic E-state index is -1.30. The van der Waals surface area contributed by atoms with Gasteiger partial charge >= 0.3 is 5.97 Å². The number of hydrogen-bond donors (Lipinski definition) is 2. The molecule has 22 heavy (non-hydrogen) atoms. The number of rotatable bonds is 6. The molecule has 0 saturated heterocycles. The van der Waals surface area contributed by atoms with E-state index in [-0.39, 0.29) is 12.1 Å². The molecule has 2 N–H and O–H groups in total. The Labute approximate surface area is 129 Å². The topological polar surface area (TPSA) is 84.5 Å². The fourth-order valence-corrected chi connectivity index (χ4v) is 1.65. The van der Waals surface area contributed by atoms with Crippen LogP contribution in [0.5, 0.6) is 0 Å². The van der Waals surface area contributed by atoms with Crippen molar-refractivity contribution in [3.63, 3.8) is 0 Å². The molecule has 0 bridgehead atoms. The fourth-order valence-electron chi connectivity index (χ4n) is 1.65. The Morgan fingerprint density at radius 2 is 1.86 bits per heavy atom. The van der Waals surface area contributed by atoms with Gasteiger partial charge in [0.05, 0.1) is 18.4 Å². The van der Waals surface area contributed by atoms with E-state index in [1.165, 1.54) is 33.1 Å². The second-order valence-electron chi connectivity index (χ2n) is 5.11. The lowest BCUT2D eigenvalue weighted by Gasteiger charge is -2.23. The van der Waals surface area contributed by atoms with Gasteiger partial charge in [-0.2, -0.15) is 0 Å². The Bertz CT molecular complexity index is 594. The first-order valence-corrected chi connectivity index (χ1v) is 6.72. The van der Waals surface area contributed by atoms with Crippen LogP contribution in [0.2, 0.25) is 0 Å². The van der Waals surface area contributed by atoms with Gasteiger partial charge in [-0.15, -0.1) is 6.58 Å². The summed E-state index contributed by atoms with van der Waals surface area (Å²) in [6.45, 7) is 6.78. The molecule has 0 radical (unpaired) electrons. The van der Waals surface area contributed by atoms with E-state index in [1.807, 2.05) is 0 Å². The number of methoxy groups -OCH3 is 1. The molecule has 2 amide bonds. The Balaban J connectivity index is 2.95. The van der Waals surface area contributed by atoms with E-state index >= 15 is 0 Å². The molecule has 118 valence electrons. The van der Waals surface area contributed by atoms with Gasteiger partial charge < -0.3 is 15.4 Å². The van der Waals surface area contributed by atoms with Crippen LogP contribution < -0.4 is 10.6 Å². The highest BCUT2D eigenvalue weighted by atomic mass is 16.5. The largest absolute Gasteiger partial charge is 0.465 e. The first kappa shape index (κ1) is 17.4. The zero-order chi connectivity index (χ0) is 16.8. The van der Waals surface area contributed by atoms with E-state index in [0.717, 1.165) is 0 Å². The Hall–Kier alpha value is -2.63. The number of hydrogen-bond acceptors (Lipinski definition) is 4. The summed E-state index contributed by atoms with van der Waals surface area (Å²) in [5, 5.41) is 5.18. The minimum absolute atomic E-state index is 0.223. The second-order valence-corrected chi connectivity index (χ2v) is 5.11. The Morgan fingerprint density at radius 1 is 1.23 bits per heavy atom. The zero-order valence-corrected chi connectivity index (χ0v) is 12.9. The summed E-state index contributed by atoms with van der Waals surface area (Å²) in [5.74, 6) is -1.52. The summed E-state index contributed by atoms with van der Waals surface area (Å²) in [6.07, 6.45) is 1.53. The molecular formula is C16H20N2O4. The van der Waals surface area contributed by atoms with Crippen LogP contribution in [-0.2, 0) is 14.3 Å². The van der Waals surface area contributed by atoms with Crippen LogP contribution in [0.4, 0.5) is 5.69 Å². The van der Waals surface area contributed by atoms with Crippen LogP contribution in [0.3, 0.4) is 0 Å². The van der Waals surface area contributed by atoms with Crippen LogP contribution in [0.1, 0.15) is 24.2 Å². The third-order valence-electron chi connectivity index (χ3n) is 3.12. The van der Waals surface area contributed by atoms with Crippen LogP contribution in [0, 0.1) is 5.41 Å². The lowest BCUT2D eigenvalue weighted by molar-refractivity contribution is -0.138. The highest BCUT2D eigenvalue weighted by Crippen LogP contribution is 2.22. The highest BCUT2D eigenvalue weighted by molar-refractivity contribution is 6.11. The van der Waals surface area contributed by atoms with Crippen molar-refractivity contribution in [1.29, 1.82) is 0 Å². The number of para-hydroxylation sites is 1. The normalized spacial score (nSPS) is 10.5. The summed E-state index contributed by atoms with van der Waals surface area (Å²) in [4.78, 5) is 36.0. The van der Waals surface area contributed by atoms with Gasteiger partial charge in [-0.3, -0.25) is 9.59 Å². The number of esters is 1. The van der Waals surface area contributed by atoms with E-state index in [1.54, 1.807) is 18.2 Å². The molecule has 6 nitrogen and oxygen atoms in total. The summed E-state index contributed by atoms with van der Waals surface area (Å²) >= 11 is 0. The average molecular weight is 304 g/mol. The molecule has 0 aliphatic carbocycles. The molecule has 0 fully saturated rings. The number of carbonyl (C=O) groups is 3. The maximum absolute atomic E-state index is 12.4. The van der Waals surface area contributed by atoms with Gasteiger partial charge in [0.2, 0.25) is 11.8 Å².